The maximum absolute atomic E-state index is 12.9. The number of anilines is 1. The quantitative estimate of drug-likeness (QED) is 0.646. The van der Waals surface area contributed by atoms with Crippen LogP contribution in [0.2, 0.25) is 0 Å². The van der Waals surface area contributed by atoms with Gasteiger partial charge in [-0.1, -0.05) is 0 Å². The summed E-state index contributed by atoms with van der Waals surface area (Å²) in [4.78, 5) is 16.0. The second kappa shape index (κ2) is 7.99. The zero-order valence-corrected chi connectivity index (χ0v) is 16.3. The molecule has 0 spiro atoms. The number of carbonyl (C=O) groups excluding carboxylic acids is 1. The molecule has 0 fully saturated rings. The first kappa shape index (κ1) is 19.2. The van der Waals surface area contributed by atoms with Crippen LogP contribution >= 0.6 is 0 Å². The summed E-state index contributed by atoms with van der Waals surface area (Å²) in [6.07, 6.45) is 1.64. The van der Waals surface area contributed by atoms with Crippen molar-refractivity contribution >= 4 is 22.5 Å². The number of methoxy groups -OCH3 is 5. The van der Waals surface area contributed by atoms with Gasteiger partial charge in [0.05, 0.1) is 46.6 Å². The fraction of sp³-hybridized carbons (Fsp3) is 0.250. The molecule has 0 radical (unpaired) electrons. The fourth-order valence-corrected chi connectivity index (χ4v) is 2.99. The van der Waals surface area contributed by atoms with Crippen LogP contribution in [0.3, 0.4) is 0 Å². The Labute approximate surface area is 162 Å². The monoisotopic (exact) mass is 386 g/mol. The molecule has 148 valence electrons. The van der Waals surface area contributed by atoms with E-state index in [0.29, 0.717) is 45.4 Å². The molecule has 8 heteroatoms. The van der Waals surface area contributed by atoms with Gasteiger partial charge in [0.2, 0.25) is 5.75 Å². The molecule has 1 amide bonds. The first-order chi connectivity index (χ1) is 13.6. The molecule has 0 bridgehead atoms. The Bertz CT molecular complexity index is 986. The van der Waals surface area contributed by atoms with Crippen LogP contribution in [0, 0.1) is 0 Å². The number of carbonyl (C=O) groups is 1. The molecular formula is C20H22N2O6. The van der Waals surface area contributed by atoms with Crippen molar-refractivity contribution in [1.82, 2.24) is 4.98 Å². The van der Waals surface area contributed by atoms with Gasteiger partial charge in [-0.15, -0.1) is 0 Å². The minimum atomic E-state index is -0.298. The Balaban J connectivity index is 1.97. The van der Waals surface area contributed by atoms with Crippen LogP contribution in [0.1, 0.15) is 10.4 Å². The number of ether oxygens (including phenoxy) is 5. The summed E-state index contributed by atoms with van der Waals surface area (Å²) in [5.74, 6) is 2.16. The molecule has 0 aliphatic heterocycles. The maximum Gasteiger partial charge on any atom is 0.257 e. The lowest BCUT2D eigenvalue weighted by molar-refractivity contribution is 0.102. The van der Waals surface area contributed by atoms with Crippen molar-refractivity contribution in [3.63, 3.8) is 0 Å². The Kier molecular flexibility index (Phi) is 5.49. The number of benzene rings is 2. The van der Waals surface area contributed by atoms with E-state index in [1.165, 1.54) is 21.3 Å². The summed E-state index contributed by atoms with van der Waals surface area (Å²) in [7, 11) is 7.66. The molecule has 0 unspecified atom stereocenters. The number of rotatable bonds is 7. The molecule has 3 rings (SSSR count). The number of aromatic nitrogens is 1. The molecule has 2 N–H and O–H groups in total. The predicted octanol–water partition coefficient (Wildman–Crippen LogP) is 3.46. The molecule has 3 aromatic rings. The number of hydrogen-bond donors (Lipinski definition) is 2. The van der Waals surface area contributed by atoms with E-state index in [-0.39, 0.29) is 5.91 Å². The van der Waals surface area contributed by atoms with E-state index < -0.39 is 0 Å². The number of fused-ring (bicyclic) bond motifs is 1. The third-order valence-corrected chi connectivity index (χ3v) is 4.35. The zero-order valence-electron chi connectivity index (χ0n) is 16.3. The van der Waals surface area contributed by atoms with Crippen LogP contribution in [0.4, 0.5) is 5.69 Å². The number of aromatic amines is 1. The molecule has 0 atom stereocenters. The summed E-state index contributed by atoms with van der Waals surface area (Å²) in [6.45, 7) is 0. The Hall–Kier alpha value is -3.55. The number of nitrogens with one attached hydrogen (secondary N) is 2. The number of H-pyrrole nitrogens is 1. The second-order valence-corrected chi connectivity index (χ2v) is 5.82. The Morgan fingerprint density at radius 3 is 1.89 bits per heavy atom. The van der Waals surface area contributed by atoms with Gasteiger partial charge in [0, 0.05) is 35.5 Å². The van der Waals surface area contributed by atoms with E-state index >= 15 is 0 Å². The molecule has 0 aliphatic carbocycles. The second-order valence-electron chi connectivity index (χ2n) is 5.82. The highest BCUT2D eigenvalue weighted by Crippen LogP contribution is 2.40. The Morgan fingerprint density at radius 2 is 1.36 bits per heavy atom. The van der Waals surface area contributed by atoms with E-state index in [0.717, 1.165) is 5.52 Å². The minimum absolute atomic E-state index is 0.298. The van der Waals surface area contributed by atoms with Gasteiger partial charge >= 0.3 is 0 Å². The molecular weight excluding hydrogens is 364 g/mol. The predicted molar refractivity (Wildman–Crippen MR) is 105 cm³/mol. The Morgan fingerprint density at radius 1 is 0.786 bits per heavy atom. The standard InChI is InChI=1S/C20H22N2O6/c1-24-15-8-12-13(10-21-14(12)9-16(15)25-2)20(23)22-11-6-17(26-3)19(28-5)18(7-11)27-4/h6-10,21H,1-5H3,(H,22,23). The summed E-state index contributed by atoms with van der Waals surface area (Å²) < 4.78 is 26.6. The molecule has 8 nitrogen and oxygen atoms in total. The third-order valence-electron chi connectivity index (χ3n) is 4.35. The maximum atomic E-state index is 12.9. The van der Waals surface area contributed by atoms with Crippen LogP contribution in [0.5, 0.6) is 28.7 Å². The van der Waals surface area contributed by atoms with Crippen LogP contribution in [0.15, 0.2) is 30.5 Å². The lowest BCUT2D eigenvalue weighted by Gasteiger charge is -2.14. The van der Waals surface area contributed by atoms with Crippen molar-refractivity contribution in [3.05, 3.63) is 36.0 Å². The first-order valence-corrected chi connectivity index (χ1v) is 8.40. The number of hydrogen-bond acceptors (Lipinski definition) is 6. The van der Waals surface area contributed by atoms with Gasteiger partial charge in [-0.25, -0.2) is 0 Å². The van der Waals surface area contributed by atoms with Gasteiger partial charge in [0.1, 0.15) is 0 Å². The van der Waals surface area contributed by atoms with E-state index in [4.69, 9.17) is 23.7 Å². The molecule has 0 aliphatic rings. The lowest BCUT2D eigenvalue weighted by Crippen LogP contribution is -2.12. The third kappa shape index (κ3) is 3.36. The van der Waals surface area contributed by atoms with Gasteiger partial charge in [0.25, 0.3) is 5.91 Å². The van der Waals surface area contributed by atoms with Crippen molar-refractivity contribution < 1.29 is 28.5 Å². The minimum Gasteiger partial charge on any atom is -0.493 e. The highest BCUT2D eigenvalue weighted by molar-refractivity contribution is 6.13. The van der Waals surface area contributed by atoms with Crippen molar-refractivity contribution in [2.24, 2.45) is 0 Å². The van der Waals surface area contributed by atoms with Gasteiger partial charge in [0.15, 0.2) is 23.0 Å². The van der Waals surface area contributed by atoms with Gasteiger partial charge in [-0.3, -0.25) is 4.79 Å². The first-order valence-electron chi connectivity index (χ1n) is 8.40. The van der Waals surface area contributed by atoms with Crippen molar-refractivity contribution in [1.29, 1.82) is 0 Å². The SMILES string of the molecule is COc1cc2[nH]cc(C(=O)Nc3cc(OC)c(OC)c(OC)c3)c2cc1OC. The van der Waals surface area contributed by atoms with Crippen LogP contribution in [0.25, 0.3) is 10.9 Å². The van der Waals surface area contributed by atoms with Crippen LogP contribution in [-0.4, -0.2) is 46.4 Å². The summed E-state index contributed by atoms with van der Waals surface area (Å²) >= 11 is 0. The van der Waals surface area contributed by atoms with E-state index in [1.807, 2.05) is 0 Å². The average Bonchev–Trinajstić information content (AvgIpc) is 3.14. The lowest BCUT2D eigenvalue weighted by atomic mass is 10.1. The van der Waals surface area contributed by atoms with E-state index in [1.54, 1.807) is 44.7 Å². The average molecular weight is 386 g/mol. The summed E-state index contributed by atoms with van der Waals surface area (Å²) in [6, 6.07) is 6.87. The van der Waals surface area contributed by atoms with E-state index in [9.17, 15) is 4.79 Å². The summed E-state index contributed by atoms with van der Waals surface area (Å²) in [5, 5.41) is 3.57. The van der Waals surface area contributed by atoms with Crippen molar-refractivity contribution in [3.8, 4) is 28.7 Å². The largest absolute Gasteiger partial charge is 0.493 e. The molecule has 0 saturated heterocycles. The molecule has 0 saturated carbocycles. The zero-order chi connectivity index (χ0) is 20.3. The molecule has 1 aromatic heterocycles. The summed E-state index contributed by atoms with van der Waals surface area (Å²) in [5.41, 5.74) is 1.73. The number of amides is 1. The molecule has 28 heavy (non-hydrogen) atoms. The normalized spacial score (nSPS) is 10.5. The highest BCUT2D eigenvalue weighted by atomic mass is 16.5. The topological polar surface area (TPSA) is 91.0 Å². The smallest absolute Gasteiger partial charge is 0.257 e. The fourth-order valence-electron chi connectivity index (χ4n) is 2.99. The van der Waals surface area contributed by atoms with E-state index in [2.05, 4.69) is 10.3 Å². The van der Waals surface area contributed by atoms with Crippen molar-refractivity contribution in [2.45, 2.75) is 0 Å². The molecule has 1 heterocycles. The van der Waals surface area contributed by atoms with Crippen LogP contribution < -0.4 is 29.0 Å². The van der Waals surface area contributed by atoms with Gasteiger partial charge < -0.3 is 34.0 Å². The van der Waals surface area contributed by atoms with Crippen molar-refractivity contribution in [2.75, 3.05) is 40.9 Å². The van der Waals surface area contributed by atoms with Gasteiger partial charge in [-0.2, -0.15) is 0 Å². The van der Waals surface area contributed by atoms with Gasteiger partial charge in [-0.05, 0) is 6.07 Å². The molecule has 2 aromatic carbocycles. The highest BCUT2D eigenvalue weighted by Gasteiger charge is 2.18. The van der Waals surface area contributed by atoms with Crippen LogP contribution in [-0.2, 0) is 0 Å².